The molecule has 2 aromatic carbocycles. The van der Waals surface area contributed by atoms with Crippen molar-refractivity contribution in [2.75, 3.05) is 6.54 Å². The summed E-state index contributed by atoms with van der Waals surface area (Å²) in [4.78, 5) is 50.0. The van der Waals surface area contributed by atoms with Crippen molar-refractivity contribution in [1.82, 2.24) is 20.2 Å². The van der Waals surface area contributed by atoms with Crippen LogP contribution >= 0.6 is 0 Å². The number of aromatic amines is 1. The lowest BCUT2D eigenvalue weighted by atomic mass is 9.80. The van der Waals surface area contributed by atoms with Crippen LogP contribution in [0.4, 0.5) is 4.39 Å². The number of carbonyl (C=O) groups is 3. The van der Waals surface area contributed by atoms with Crippen LogP contribution < -0.4 is 11.1 Å². The van der Waals surface area contributed by atoms with Crippen molar-refractivity contribution in [1.29, 1.82) is 0 Å². The van der Waals surface area contributed by atoms with E-state index in [0.29, 0.717) is 24.3 Å². The zero-order valence-corrected chi connectivity index (χ0v) is 22.5. The van der Waals surface area contributed by atoms with E-state index in [1.807, 2.05) is 35.2 Å². The fourth-order valence-electron chi connectivity index (χ4n) is 6.37. The molecule has 0 bridgehead atoms. The first kappa shape index (κ1) is 26.8. The smallest absolute Gasteiger partial charge is 0.225 e. The summed E-state index contributed by atoms with van der Waals surface area (Å²) in [5.41, 5.74) is 6.48. The molecule has 1 aliphatic carbocycles. The molecule has 1 aromatic heterocycles. The van der Waals surface area contributed by atoms with Crippen molar-refractivity contribution in [2.24, 2.45) is 17.1 Å². The van der Waals surface area contributed by atoms with Crippen LogP contribution in [0.25, 0.3) is 11.0 Å². The summed E-state index contributed by atoms with van der Waals surface area (Å²) in [6.07, 6.45) is 4.08. The molecular formula is C30H36FN5O3. The molecule has 0 spiro atoms. The molecule has 1 saturated carbocycles. The fourth-order valence-corrected chi connectivity index (χ4v) is 6.37. The molecule has 206 valence electrons. The summed E-state index contributed by atoms with van der Waals surface area (Å²) in [7, 11) is 0. The lowest BCUT2D eigenvalue weighted by molar-refractivity contribution is -0.143. The van der Waals surface area contributed by atoms with Gasteiger partial charge in [-0.3, -0.25) is 14.4 Å². The maximum atomic E-state index is 14.2. The fraction of sp³-hybridized carbons (Fsp3) is 0.467. The number of likely N-dealkylation sites (tertiary alicyclic amines) is 1. The van der Waals surface area contributed by atoms with Crippen molar-refractivity contribution in [3.05, 3.63) is 65.7 Å². The molecule has 2 heterocycles. The van der Waals surface area contributed by atoms with Gasteiger partial charge in [0.15, 0.2) is 5.82 Å². The van der Waals surface area contributed by atoms with Gasteiger partial charge < -0.3 is 20.9 Å². The highest BCUT2D eigenvalue weighted by atomic mass is 19.1. The van der Waals surface area contributed by atoms with E-state index in [9.17, 15) is 18.8 Å². The van der Waals surface area contributed by atoms with E-state index >= 15 is 0 Å². The van der Waals surface area contributed by atoms with E-state index in [0.717, 1.165) is 31.2 Å². The number of H-pyrrole nitrogens is 1. The Balaban J connectivity index is 1.44. The Labute approximate surface area is 227 Å². The second kappa shape index (κ2) is 10.8. The number of halogens is 1. The van der Waals surface area contributed by atoms with Gasteiger partial charge in [-0.2, -0.15) is 0 Å². The van der Waals surface area contributed by atoms with Crippen molar-refractivity contribution in [3.8, 4) is 0 Å². The number of rotatable bonds is 9. The first-order valence-corrected chi connectivity index (χ1v) is 13.8. The number of primary amides is 1. The molecular weight excluding hydrogens is 497 g/mol. The van der Waals surface area contributed by atoms with Gasteiger partial charge in [0.1, 0.15) is 11.3 Å². The first-order chi connectivity index (χ1) is 18.8. The van der Waals surface area contributed by atoms with Gasteiger partial charge in [0.05, 0.1) is 22.9 Å². The highest BCUT2D eigenvalue weighted by molar-refractivity contribution is 5.96. The number of hydrogen-bond acceptors (Lipinski definition) is 4. The molecule has 3 aromatic rings. The van der Waals surface area contributed by atoms with Gasteiger partial charge in [0.2, 0.25) is 17.7 Å². The van der Waals surface area contributed by atoms with Crippen LogP contribution in [-0.4, -0.2) is 45.2 Å². The van der Waals surface area contributed by atoms with Crippen LogP contribution in [0.3, 0.4) is 0 Å². The summed E-state index contributed by atoms with van der Waals surface area (Å²) in [5, 5.41) is 2.95. The number of carbonyl (C=O) groups excluding carboxylic acids is 3. The predicted molar refractivity (Wildman–Crippen MR) is 146 cm³/mol. The van der Waals surface area contributed by atoms with Crippen molar-refractivity contribution in [3.63, 3.8) is 0 Å². The van der Waals surface area contributed by atoms with Gasteiger partial charge in [0, 0.05) is 24.9 Å². The average molecular weight is 534 g/mol. The number of aromatic nitrogens is 2. The number of fused-ring (bicyclic) bond motifs is 1. The molecule has 2 fully saturated rings. The second-order valence-electron chi connectivity index (χ2n) is 11.0. The normalized spacial score (nSPS) is 24.2. The van der Waals surface area contributed by atoms with Crippen molar-refractivity contribution >= 4 is 28.8 Å². The van der Waals surface area contributed by atoms with Crippen LogP contribution in [0.5, 0.6) is 0 Å². The highest BCUT2D eigenvalue weighted by Crippen LogP contribution is 2.64. The van der Waals surface area contributed by atoms with Gasteiger partial charge in [-0.1, -0.05) is 43.3 Å². The number of para-hydroxylation sites is 1. The molecule has 3 amide bonds. The minimum atomic E-state index is -1.17. The quantitative estimate of drug-likeness (QED) is 0.379. The molecule has 0 radical (unpaired) electrons. The van der Waals surface area contributed by atoms with E-state index in [-0.39, 0.29) is 29.8 Å². The molecule has 2 unspecified atom stereocenters. The number of nitrogens with one attached hydrogen (secondary N) is 2. The van der Waals surface area contributed by atoms with Crippen LogP contribution in [0, 0.1) is 17.2 Å². The maximum absolute atomic E-state index is 14.2. The number of nitrogens with zero attached hydrogens (tertiary/aromatic N) is 2. The van der Waals surface area contributed by atoms with Crippen LogP contribution in [0.15, 0.2) is 48.5 Å². The third kappa shape index (κ3) is 5.02. The number of nitrogens with two attached hydrogens (primary N) is 1. The Morgan fingerprint density at radius 3 is 2.64 bits per heavy atom. The lowest BCUT2D eigenvalue weighted by Gasteiger charge is -2.37. The zero-order chi connectivity index (χ0) is 27.7. The van der Waals surface area contributed by atoms with Gasteiger partial charge in [-0.05, 0) is 56.7 Å². The van der Waals surface area contributed by atoms with Gasteiger partial charge in [0.25, 0.3) is 0 Å². The lowest BCUT2D eigenvalue weighted by Crippen LogP contribution is -2.49. The Kier molecular flexibility index (Phi) is 7.42. The summed E-state index contributed by atoms with van der Waals surface area (Å²) >= 11 is 0. The standard InChI is InChI=1S/C30H36FN5O3/c1-3-20-12-7-8-15-36(20)25(37)16-21(30(29(32)39)17-22(30)19-10-5-4-6-11-19)28(38)33-18(2)27-34-24-14-9-13-23(31)26(24)35-27/h4-6,9-11,13-14,18,20-22H,3,7-8,12,15-17H2,1-2H3,(H2,32,39)(H,33,38)(H,34,35)/t18-,20-,21+,22?,30?/m0/s1. The molecule has 4 N–H and O–H groups in total. The van der Waals surface area contributed by atoms with Gasteiger partial charge >= 0.3 is 0 Å². The van der Waals surface area contributed by atoms with E-state index in [2.05, 4.69) is 22.2 Å². The Morgan fingerprint density at radius 2 is 1.95 bits per heavy atom. The van der Waals surface area contributed by atoms with E-state index in [4.69, 9.17) is 5.73 Å². The largest absolute Gasteiger partial charge is 0.369 e. The molecule has 5 rings (SSSR count). The predicted octanol–water partition coefficient (Wildman–Crippen LogP) is 4.34. The van der Waals surface area contributed by atoms with Crippen LogP contribution in [0.1, 0.15) is 75.7 Å². The Hall–Kier alpha value is -3.75. The van der Waals surface area contributed by atoms with E-state index in [1.54, 1.807) is 19.1 Å². The topological polar surface area (TPSA) is 121 Å². The third-order valence-corrected chi connectivity index (χ3v) is 8.65. The molecule has 8 nitrogen and oxygen atoms in total. The number of hydrogen-bond donors (Lipinski definition) is 3. The number of piperidine rings is 1. The summed E-state index contributed by atoms with van der Waals surface area (Å²) in [6.45, 7) is 4.45. The Bertz CT molecular complexity index is 1380. The van der Waals surface area contributed by atoms with Crippen LogP contribution in [0.2, 0.25) is 0 Å². The second-order valence-corrected chi connectivity index (χ2v) is 11.0. The Morgan fingerprint density at radius 1 is 1.18 bits per heavy atom. The first-order valence-electron chi connectivity index (χ1n) is 13.8. The minimum Gasteiger partial charge on any atom is -0.369 e. The monoisotopic (exact) mass is 533 g/mol. The maximum Gasteiger partial charge on any atom is 0.225 e. The summed E-state index contributed by atoms with van der Waals surface area (Å²) in [5.74, 6) is -2.40. The molecule has 5 atom stereocenters. The van der Waals surface area contributed by atoms with Crippen molar-refractivity contribution in [2.45, 2.75) is 70.4 Å². The summed E-state index contributed by atoms with van der Waals surface area (Å²) in [6, 6.07) is 13.7. The highest BCUT2D eigenvalue weighted by Gasteiger charge is 2.66. The van der Waals surface area contributed by atoms with Crippen molar-refractivity contribution < 1.29 is 18.8 Å². The molecule has 1 aliphatic heterocycles. The number of amides is 3. The zero-order valence-electron chi connectivity index (χ0n) is 22.5. The third-order valence-electron chi connectivity index (χ3n) is 8.65. The molecule has 9 heteroatoms. The van der Waals surface area contributed by atoms with Gasteiger partial charge in [-0.15, -0.1) is 0 Å². The number of benzene rings is 2. The van der Waals surface area contributed by atoms with Crippen LogP contribution in [-0.2, 0) is 14.4 Å². The molecule has 1 saturated heterocycles. The van der Waals surface area contributed by atoms with E-state index in [1.165, 1.54) is 6.07 Å². The molecule has 39 heavy (non-hydrogen) atoms. The van der Waals surface area contributed by atoms with E-state index < -0.39 is 35.0 Å². The SMILES string of the molecule is CC[C@H]1CCCCN1C(=O)C[C@H](C(=O)N[C@@H](C)c1nc2c(F)cccc2[nH]1)C1(C(N)=O)CC1c1ccccc1. The minimum absolute atomic E-state index is 0.101. The van der Waals surface area contributed by atoms with Gasteiger partial charge in [-0.25, -0.2) is 9.37 Å². The summed E-state index contributed by atoms with van der Waals surface area (Å²) < 4.78 is 14.2. The molecule has 2 aliphatic rings. The average Bonchev–Trinajstić information content (AvgIpc) is 3.54. The number of imidazole rings is 1.